The van der Waals surface area contributed by atoms with Crippen LogP contribution in [-0.4, -0.2) is 54.9 Å². The van der Waals surface area contributed by atoms with Crippen molar-refractivity contribution in [1.82, 2.24) is 14.4 Å². The molecule has 0 bridgehead atoms. The van der Waals surface area contributed by atoms with E-state index in [0.29, 0.717) is 40.8 Å². The highest BCUT2D eigenvalue weighted by atomic mass is 35.5. The molecule has 1 aromatic heterocycles. The van der Waals surface area contributed by atoms with Gasteiger partial charge >= 0.3 is 0 Å². The molecule has 0 N–H and O–H groups in total. The molecule has 1 aliphatic rings. The summed E-state index contributed by atoms with van der Waals surface area (Å²) in [7, 11) is -3.73. The fourth-order valence-electron chi connectivity index (χ4n) is 3.17. The summed E-state index contributed by atoms with van der Waals surface area (Å²) in [6.07, 6.45) is 0.517. The minimum Gasteiger partial charge on any atom is -0.360 e. The van der Waals surface area contributed by atoms with Crippen LogP contribution in [-0.2, 0) is 10.0 Å². The van der Waals surface area contributed by atoms with E-state index in [1.54, 1.807) is 36.9 Å². The average molecular weight is 432 g/mol. The number of amides is 1. The molecule has 0 unspecified atom stereocenters. The second-order valence-electron chi connectivity index (χ2n) is 6.36. The van der Waals surface area contributed by atoms with E-state index in [1.807, 2.05) is 0 Å². The molecule has 0 radical (unpaired) electrons. The topological polar surface area (TPSA) is 83.7 Å². The third-order valence-corrected chi connectivity index (χ3v) is 7.00. The Morgan fingerprint density at radius 2 is 1.74 bits per heavy atom. The molecular formula is C17H19Cl2N3O4S. The van der Waals surface area contributed by atoms with Gasteiger partial charge in [-0.2, -0.15) is 4.31 Å². The molecule has 1 amide bonds. The second kappa shape index (κ2) is 7.79. The maximum absolute atomic E-state index is 13.0. The molecule has 0 spiro atoms. The van der Waals surface area contributed by atoms with Gasteiger partial charge in [-0.05, 0) is 38.5 Å². The smallest absolute Gasteiger partial charge is 0.254 e. The fourth-order valence-corrected chi connectivity index (χ4v) is 5.46. The highest BCUT2D eigenvalue weighted by Gasteiger charge is 2.33. The van der Waals surface area contributed by atoms with Crippen LogP contribution in [0.4, 0.5) is 0 Å². The number of rotatable bonds is 3. The summed E-state index contributed by atoms with van der Waals surface area (Å²) in [6, 6.07) is 4.66. The highest BCUT2D eigenvalue weighted by Crippen LogP contribution is 2.25. The molecule has 0 aliphatic carbocycles. The van der Waals surface area contributed by atoms with E-state index in [-0.39, 0.29) is 29.7 Å². The number of hydrogen-bond acceptors (Lipinski definition) is 5. The predicted octanol–water partition coefficient (Wildman–Crippen LogP) is 3.14. The molecular weight excluding hydrogens is 413 g/mol. The van der Waals surface area contributed by atoms with Gasteiger partial charge in [-0.25, -0.2) is 8.42 Å². The van der Waals surface area contributed by atoms with Crippen LogP contribution in [0.2, 0.25) is 10.0 Å². The number of hydrogen-bond donors (Lipinski definition) is 0. The monoisotopic (exact) mass is 431 g/mol. The standard InChI is InChI=1S/C17H19Cl2N3O4S/c1-11-16(12(2)26-20-11)27(24,25)22-5-3-4-21(6-7-22)17(23)13-8-14(18)10-15(19)9-13/h8-10H,3-7H2,1-2H3. The Labute approximate surface area is 167 Å². The summed E-state index contributed by atoms with van der Waals surface area (Å²) in [5.41, 5.74) is 0.716. The lowest BCUT2D eigenvalue weighted by Gasteiger charge is -2.22. The lowest BCUT2D eigenvalue weighted by atomic mass is 10.2. The van der Waals surface area contributed by atoms with Crippen LogP contribution in [0.25, 0.3) is 0 Å². The molecule has 3 rings (SSSR count). The number of aromatic nitrogens is 1. The quantitative estimate of drug-likeness (QED) is 0.744. The minimum absolute atomic E-state index is 0.101. The lowest BCUT2D eigenvalue weighted by molar-refractivity contribution is 0.0764. The lowest BCUT2D eigenvalue weighted by Crippen LogP contribution is -2.37. The first-order valence-corrected chi connectivity index (χ1v) is 10.6. The number of halogens is 2. The Morgan fingerprint density at radius 3 is 2.33 bits per heavy atom. The van der Waals surface area contributed by atoms with Gasteiger partial charge < -0.3 is 9.42 Å². The third kappa shape index (κ3) is 4.13. The maximum atomic E-state index is 13.0. The number of aryl methyl sites for hydroxylation is 2. The van der Waals surface area contributed by atoms with Gasteiger partial charge in [-0.1, -0.05) is 28.4 Å². The van der Waals surface area contributed by atoms with E-state index in [2.05, 4.69) is 5.16 Å². The molecule has 0 atom stereocenters. The molecule has 1 aromatic carbocycles. The van der Waals surface area contributed by atoms with Gasteiger partial charge in [0.2, 0.25) is 10.0 Å². The zero-order chi connectivity index (χ0) is 19.8. The van der Waals surface area contributed by atoms with Crippen molar-refractivity contribution in [2.24, 2.45) is 0 Å². The molecule has 10 heteroatoms. The van der Waals surface area contributed by atoms with Gasteiger partial charge in [0.05, 0.1) is 0 Å². The van der Waals surface area contributed by atoms with Gasteiger partial charge in [0.15, 0.2) is 5.76 Å². The molecule has 1 saturated heterocycles. The van der Waals surface area contributed by atoms with Crippen LogP contribution in [0.1, 0.15) is 28.2 Å². The van der Waals surface area contributed by atoms with Gasteiger partial charge in [0, 0.05) is 41.8 Å². The largest absolute Gasteiger partial charge is 0.360 e. The van der Waals surface area contributed by atoms with E-state index in [4.69, 9.17) is 27.7 Å². The zero-order valence-corrected chi connectivity index (χ0v) is 17.2. The van der Waals surface area contributed by atoms with Crippen molar-refractivity contribution in [2.45, 2.75) is 25.2 Å². The van der Waals surface area contributed by atoms with Crippen molar-refractivity contribution in [3.63, 3.8) is 0 Å². The SMILES string of the molecule is Cc1noc(C)c1S(=O)(=O)N1CCCN(C(=O)c2cc(Cl)cc(Cl)c2)CC1. The number of carbonyl (C=O) groups excluding carboxylic acids is 1. The summed E-state index contributed by atoms with van der Waals surface area (Å²) in [6.45, 7) is 4.38. The average Bonchev–Trinajstić information content (AvgIpc) is 2.80. The summed E-state index contributed by atoms with van der Waals surface area (Å²) < 4.78 is 32.3. The Bertz CT molecular complexity index is 935. The number of nitrogens with zero attached hydrogens (tertiary/aromatic N) is 3. The molecule has 2 heterocycles. The Hall–Kier alpha value is -1.61. The van der Waals surface area contributed by atoms with Crippen LogP contribution in [0.15, 0.2) is 27.6 Å². The van der Waals surface area contributed by atoms with Gasteiger partial charge in [0.25, 0.3) is 5.91 Å². The Balaban J connectivity index is 1.78. The Morgan fingerprint density at radius 1 is 1.07 bits per heavy atom. The first-order valence-electron chi connectivity index (χ1n) is 8.38. The van der Waals surface area contributed by atoms with E-state index >= 15 is 0 Å². The summed E-state index contributed by atoms with van der Waals surface area (Å²) in [5.74, 6) is 0.0363. The van der Waals surface area contributed by atoms with Crippen LogP contribution >= 0.6 is 23.2 Å². The van der Waals surface area contributed by atoms with Crippen LogP contribution in [0.3, 0.4) is 0 Å². The van der Waals surface area contributed by atoms with E-state index < -0.39 is 10.0 Å². The van der Waals surface area contributed by atoms with Crippen LogP contribution < -0.4 is 0 Å². The first kappa shape index (κ1) is 20.1. The maximum Gasteiger partial charge on any atom is 0.254 e. The number of carbonyl (C=O) groups is 1. The molecule has 27 heavy (non-hydrogen) atoms. The normalized spacial score (nSPS) is 16.4. The van der Waals surface area contributed by atoms with Crippen molar-refractivity contribution in [1.29, 1.82) is 0 Å². The van der Waals surface area contributed by atoms with Crippen molar-refractivity contribution >= 4 is 39.1 Å². The highest BCUT2D eigenvalue weighted by molar-refractivity contribution is 7.89. The van der Waals surface area contributed by atoms with Crippen molar-refractivity contribution in [3.8, 4) is 0 Å². The van der Waals surface area contributed by atoms with E-state index in [9.17, 15) is 13.2 Å². The van der Waals surface area contributed by atoms with E-state index in [0.717, 1.165) is 0 Å². The molecule has 1 fully saturated rings. The number of benzene rings is 1. The molecule has 7 nitrogen and oxygen atoms in total. The van der Waals surface area contributed by atoms with Crippen LogP contribution in [0, 0.1) is 13.8 Å². The van der Waals surface area contributed by atoms with Crippen LogP contribution in [0.5, 0.6) is 0 Å². The molecule has 146 valence electrons. The Kier molecular flexibility index (Phi) is 5.81. The van der Waals surface area contributed by atoms with Crippen molar-refractivity contribution < 1.29 is 17.7 Å². The molecule has 2 aromatic rings. The summed E-state index contributed by atoms with van der Waals surface area (Å²) in [5, 5.41) is 4.49. The summed E-state index contributed by atoms with van der Waals surface area (Å²) in [4.78, 5) is 14.5. The molecule has 1 aliphatic heterocycles. The van der Waals surface area contributed by atoms with Gasteiger partial charge in [-0.3, -0.25) is 4.79 Å². The van der Waals surface area contributed by atoms with Crippen molar-refractivity contribution in [3.05, 3.63) is 45.3 Å². The van der Waals surface area contributed by atoms with Gasteiger partial charge in [0.1, 0.15) is 10.6 Å². The predicted molar refractivity (Wildman–Crippen MR) is 102 cm³/mol. The minimum atomic E-state index is -3.73. The van der Waals surface area contributed by atoms with Gasteiger partial charge in [-0.15, -0.1) is 0 Å². The second-order valence-corrected chi connectivity index (χ2v) is 9.11. The third-order valence-electron chi connectivity index (χ3n) is 4.42. The van der Waals surface area contributed by atoms with Crippen molar-refractivity contribution in [2.75, 3.05) is 26.2 Å². The fraction of sp³-hybridized carbons (Fsp3) is 0.412. The first-order chi connectivity index (χ1) is 12.7. The van der Waals surface area contributed by atoms with E-state index in [1.165, 1.54) is 4.31 Å². The summed E-state index contributed by atoms with van der Waals surface area (Å²) >= 11 is 12.0. The molecule has 0 saturated carbocycles. The zero-order valence-electron chi connectivity index (χ0n) is 14.9. The number of sulfonamides is 1.